The SMILES string of the molecule is CCc1cc(OCC=C(C)C)c(C(=O)O)s1. The van der Waals surface area contributed by atoms with Crippen molar-refractivity contribution in [1.29, 1.82) is 0 Å². The van der Waals surface area contributed by atoms with E-state index in [0.29, 0.717) is 17.2 Å². The van der Waals surface area contributed by atoms with Crippen LogP contribution in [0.4, 0.5) is 0 Å². The molecule has 88 valence electrons. The highest BCUT2D eigenvalue weighted by atomic mass is 32.1. The molecule has 1 rings (SSSR count). The normalized spacial score (nSPS) is 9.94. The fraction of sp³-hybridized carbons (Fsp3) is 0.417. The summed E-state index contributed by atoms with van der Waals surface area (Å²) in [5, 5.41) is 9.00. The molecule has 0 spiro atoms. The van der Waals surface area contributed by atoms with Crippen molar-refractivity contribution in [2.24, 2.45) is 0 Å². The number of thiophene rings is 1. The minimum absolute atomic E-state index is 0.291. The van der Waals surface area contributed by atoms with E-state index in [1.54, 1.807) is 0 Å². The van der Waals surface area contributed by atoms with Crippen LogP contribution in [-0.4, -0.2) is 17.7 Å². The number of rotatable bonds is 5. The van der Waals surface area contributed by atoms with Crippen LogP contribution in [0.15, 0.2) is 17.7 Å². The maximum Gasteiger partial charge on any atom is 0.349 e. The molecule has 1 N–H and O–H groups in total. The number of aromatic carboxylic acids is 1. The molecule has 1 aromatic heterocycles. The van der Waals surface area contributed by atoms with Gasteiger partial charge in [0.25, 0.3) is 0 Å². The van der Waals surface area contributed by atoms with E-state index in [4.69, 9.17) is 9.84 Å². The van der Waals surface area contributed by atoms with E-state index >= 15 is 0 Å². The van der Waals surface area contributed by atoms with Crippen LogP contribution in [0.1, 0.15) is 35.3 Å². The highest BCUT2D eigenvalue weighted by molar-refractivity contribution is 7.14. The highest BCUT2D eigenvalue weighted by Crippen LogP contribution is 2.29. The predicted octanol–water partition coefficient (Wildman–Crippen LogP) is 3.35. The molecule has 0 radical (unpaired) electrons. The number of hydrogen-bond acceptors (Lipinski definition) is 3. The van der Waals surface area contributed by atoms with Gasteiger partial charge in [0.15, 0.2) is 4.88 Å². The third-order valence-corrected chi connectivity index (χ3v) is 3.27. The quantitative estimate of drug-likeness (QED) is 0.803. The second-order valence-electron chi connectivity index (χ2n) is 3.66. The number of carboxylic acids is 1. The molecule has 3 nitrogen and oxygen atoms in total. The first kappa shape index (κ1) is 12.8. The van der Waals surface area contributed by atoms with E-state index < -0.39 is 5.97 Å². The van der Waals surface area contributed by atoms with Crippen LogP contribution in [0.25, 0.3) is 0 Å². The summed E-state index contributed by atoms with van der Waals surface area (Å²) in [4.78, 5) is 12.3. The van der Waals surface area contributed by atoms with Crippen molar-refractivity contribution in [2.75, 3.05) is 6.61 Å². The molecule has 0 saturated heterocycles. The molecule has 0 aliphatic carbocycles. The maximum absolute atomic E-state index is 11.0. The summed E-state index contributed by atoms with van der Waals surface area (Å²) in [5.74, 6) is -0.441. The Morgan fingerprint density at radius 2 is 2.25 bits per heavy atom. The van der Waals surface area contributed by atoms with Crippen LogP contribution < -0.4 is 4.74 Å². The van der Waals surface area contributed by atoms with Crippen molar-refractivity contribution < 1.29 is 14.6 Å². The minimum atomic E-state index is -0.920. The molecule has 1 heterocycles. The molecule has 1 aromatic rings. The fourth-order valence-electron chi connectivity index (χ4n) is 1.15. The van der Waals surface area contributed by atoms with E-state index in [0.717, 1.165) is 16.9 Å². The molecular weight excluding hydrogens is 224 g/mol. The lowest BCUT2D eigenvalue weighted by atomic mass is 10.3. The van der Waals surface area contributed by atoms with Crippen LogP contribution in [0, 0.1) is 0 Å². The van der Waals surface area contributed by atoms with Gasteiger partial charge >= 0.3 is 5.97 Å². The van der Waals surface area contributed by atoms with Gasteiger partial charge in [-0.2, -0.15) is 0 Å². The molecule has 16 heavy (non-hydrogen) atoms. The average Bonchev–Trinajstić information content (AvgIpc) is 2.60. The smallest absolute Gasteiger partial charge is 0.349 e. The first-order valence-electron chi connectivity index (χ1n) is 5.16. The average molecular weight is 240 g/mol. The molecule has 0 fully saturated rings. The van der Waals surface area contributed by atoms with Gasteiger partial charge in [0.2, 0.25) is 0 Å². The van der Waals surface area contributed by atoms with Crippen LogP contribution in [-0.2, 0) is 6.42 Å². The largest absolute Gasteiger partial charge is 0.488 e. The zero-order chi connectivity index (χ0) is 12.1. The zero-order valence-corrected chi connectivity index (χ0v) is 10.6. The van der Waals surface area contributed by atoms with E-state index in [2.05, 4.69) is 0 Å². The molecular formula is C12H16O3S. The molecule has 0 atom stereocenters. The summed E-state index contributed by atoms with van der Waals surface area (Å²) in [6.45, 7) is 6.37. The predicted molar refractivity (Wildman–Crippen MR) is 65.6 cm³/mol. The van der Waals surface area contributed by atoms with E-state index in [1.807, 2.05) is 32.9 Å². The Balaban J connectivity index is 2.81. The maximum atomic E-state index is 11.0. The Bertz CT molecular complexity index is 400. The molecule has 0 saturated carbocycles. The van der Waals surface area contributed by atoms with Crippen molar-refractivity contribution in [2.45, 2.75) is 27.2 Å². The van der Waals surface area contributed by atoms with Gasteiger partial charge in [-0.15, -0.1) is 11.3 Å². The topological polar surface area (TPSA) is 46.5 Å². The third-order valence-electron chi connectivity index (χ3n) is 2.02. The molecule has 0 aliphatic rings. The lowest BCUT2D eigenvalue weighted by Crippen LogP contribution is -1.99. The summed E-state index contributed by atoms with van der Waals surface area (Å²) in [5.41, 5.74) is 1.16. The molecule has 0 unspecified atom stereocenters. The lowest BCUT2D eigenvalue weighted by Gasteiger charge is -2.01. The van der Waals surface area contributed by atoms with Gasteiger partial charge in [0.05, 0.1) is 0 Å². The van der Waals surface area contributed by atoms with Crippen LogP contribution in [0.2, 0.25) is 0 Å². The first-order chi connectivity index (χ1) is 7.54. The van der Waals surface area contributed by atoms with Crippen molar-refractivity contribution in [3.63, 3.8) is 0 Å². The van der Waals surface area contributed by atoms with Crippen molar-refractivity contribution in [1.82, 2.24) is 0 Å². The Hall–Kier alpha value is -1.29. The van der Waals surface area contributed by atoms with Gasteiger partial charge < -0.3 is 9.84 Å². The van der Waals surface area contributed by atoms with Crippen molar-refractivity contribution in [3.8, 4) is 5.75 Å². The number of carboxylic acid groups (broad SMARTS) is 1. The van der Waals surface area contributed by atoms with Crippen molar-refractivity contribution in [3.05, 3.63) is 27.5 Å². The summed E-state index contributed by atoms with van der Waals surface area (Å²) in [7, 11) is 0. The number of allylic oxidation sites excluding steroid dienone is 1. The Labute approximate surface area is 99.4 Å². The van der Waals surface area contributed by atoms with Gasteiger partial charge in [-0.05, 0) is 32.4 Å². The van der Waals surface area contributed by atoms with Gasteiger partial charge in [0, 0.05) is 4.88 Å². The van der Waals surface area contributed by atoms with E-state index in [1.165, 1.54) is 11.3 Å². The first-order valence-corrected chi connectivity index (χ1v) is 5.98. The summed E-state index contributed by atoms with van der Waals surface area (Å²) < 4.78 is 5.44. The standard InChI is InChI=1S/C12H16O3S/c1-4-9-7-10(11(16-9)12(13)14)15-6-5-8(2)3/h5,7H,4,6H2,1-3H3,(H,13,14). The van der Waals surface area contributed by atoms with E-state index in [-0.39, 0.29) is 0 Å². The zero-order valence-electron chi connectivity index (χ0n) is 9.74. The Morgan fingerprint density at radius 1 is 1.56 bits per heavy atom. The third kappa shape index (κ3) is 3.38. The summed E-state index contributed by atoms with van der Waals surface area (Å²) >= 11 is 1.28. The number of ether oxygens (including phenoxy) is 1. The summed E-state index contributed by atoms with van der Waals surface area (Å²) in [6.07, 6.45) is 2.76. The monoisotopic (exact) mass is 240 g/mol. The van der Waals surface area contributed by atoms with Gasteiger partial charge in [-0.25, -0.2) is 4.79 Å². The number of carbonyl (C=O) groups is 1. The fourth-order valence-corrected chi connectivity index (χ4v) is 2.03. The molecule has 4 heteroatoms. The van der Waals surface area contributed by atoms with Crippen LogP contribution in [0.5, 0.6) is 5.75 Å². The van der Waals surface area contributed by atoms with Gasteiger partial charge in [0.1, 0.15) is 12.4 Å². The molecule has 0 amide bonds. The Kier molecular flexibility index (Phi) is 4.55. The van der Waals surface area contributed by atoms with Crippen LogP contribution >= 0.6 is 11.3 Å². The molecule has 0 bridgehead atoms. The molecule has 0 aromatic carbocycles. The second-order valence-corrected chi connectivity index (χ2v) is 4.79. The lowest BCUT2D eigenvalue weighted by molar-refractivity contribution is 0.0698. The van der Waals surface area contributed by atoms with E-state index in [9.17, 15) is 4.79 Å². The van der Waals surface area contributed by atoms with Gasteiger partial charge in [-0.3, -0.25) is 0 Å². The highest BCUT2D eigenvalue weighted by Gasteiger charge is 2.15. The van der Waals surface area contributed by atoms with Crippen molar-refractivity contribution >= 4 is 17.3 Å². The van der Waals surface area contributed by atoms with Gasteiger partial charge in [-0.1, -0.05) is 12.5 Å². The summed E-state index contributed by atoms with van der Waals surface area (Å²) in [6, 6.07) is 1.81. The second kappa shape index (κ2) is 5.70. The minimum Gasteiger partial charge on any atom is -0.488 e. The van der Waals surface area contributed by atoms with Crippen LogP contribution in [0.3, 0.4) is 0 Å². The number of aryl methyl sites for hydroxylation is 1. The Morgan fingerprint density at radius 3 is 2.75 bits per heavy atom. The number of hydrogen-bond donors (Lipinski definition) is 1. The molecule has 0 aliphatic heterocycles.